The number of rotatable bonds is 9. The second-order valence-electron chi connectivity index (χ2n) is 8.92. The van der Waals surface area contributed by atoms with Crippen LogP contribution in [0.3, 0.4) is 0 Å². The molecule has 184 valence electrons. The molecular weight excluding hydrogens is 464 g/mol. The number of para-hydroxylation sites is 1. The van der Waals surface area contributed by atoms with Gasteiger partial charge < -0.3 is 19.5 Å². The van der Waals surface area contributed by atoms with Crippen molar-refractivity contribution < 1.29 is 19.1 Å². The van der Waals surface area contributed by atoms with Gasteiger partial charge in [0.15, 0.2) is 11.8 Å². The summed E-state index contributed by atoms with van der Waals surface area (Å²) in [5.74, 6) is -1.13. The molecule has 0 saturated carbocycles. The van der Waals surface area contributed by atoms with Crippen molar-refractivity contribution in [2.24, 2.45) is 7.05 Å². The van der Waals surface area contributed by atoms with Crippen LogP contribution in [0.1, 0.15) is 36.7 Å². The summed E-state index contributed by atoms with van der Waals surface area (Å²) >= 11 is 1.29. The van der Waals surface area contributed by atoms with Gasteiger partial charge in [0.1, 0.15) is 0 Å². The fraction of sp³-hybridized carbons (Fsp3) is 0.308. The lowest BCUT2D eigenvalue weighted by Crippen LogP contribution is -2.46. The van der Waals surface area contributed by atoms with Crippen molar-refractivity contribution in [1.29, 1.82) is 0 Å². The summed E-state index contributed by atoms with van der Waals surface area (Å²) in [6.45, 7) is 5.80. The largest absolute Gasteiger partial charge is 0.452 e. The molecule has 2 amide bonds. The maximum atomic E-state index is 13.0. The maximum Gasteiger partial charge on any atom is 0.340 e. The van der Waals surface area contributed by atoms with E-state index in [0.717, 1.165) is 5.56 Å². The number of imidazole rings is 1. The number of benzene rings is 2. The molecule has 0 aliphatic rings. The smallest absolute Gasteiger partial charge is 0.340 e. The van der Waals surface area contributed by atoms with Gasteiger partial charge in [0, 0.05) is 31.5 Å². The molecule has 9 heteroatoms. The first-order valence-electron chi connectivity index (χ1n) is 11.2. The second kappa shape index (κ2) is 11.7. The molecule has 0 fully saturated rings. The van der Waals surface area contributed by atoms with E-state index in [2.05, 4.69) is 10.3 Å². The predicted octanol–water partition coefficient (Wildman–Crippen LogP) is 4.14. The summed E-state index contributed by atoms with van der Waals surface area (Å²) in [6, 6.07) is 16.2. The molecule has 0 saturated heterocycles. The van der Waals surface area contributed by atoms with Crippen molar-refractivity contribution >= 4 is 35.2 Å². The topological polar surface area (TPSA) is 93.5 Å². The van der Waals surface area contributed by atoms with Crippen LogP contribution < -0.4 is 5.32 Å². The molecule has 35 heavy (non-hydrogen) atoms. The number of anilines is 1. The van der Waals surface area contributed by atoms with E-state index < -0.39 is 18.1 Å². The van der Waals surface area contributed by atoms with Crippen LogP contribution in [-0.2, 0) is 27.9 Å². The third kappa shape index (κ3) is 7.45. The summed E-state index contributed by atoms with van der Waals surface area (Å²) in [5.41, 5.74) is 1.03. The molecule has 3 rings (SSSR count). The highest BCUT2D eigenvalue weighted by Gasteiger charge is 2.27. The molecule has 1 heterocycles. The Morgan fingerprint density at radius 2 is 1.74 bits per heavy atom. The van der Waals surface area contributed by atoms with Crippen LogP contribution in [0, 0.1) is 0 Å². The van der Waals surface area contributed by atoms with Crippen molar-refractivity contribution in [2.75, 3.05) is 17.7 Å². The normalized spacial score (nSPS) is 11.1. The number of hydrogen-bond acceptors (Lipinski definition) is 6. The average Bonchev–Trinajstić information content (AvgIpc) is 3.24. The van der Waals surface area contributed by atoms with Crippen LogP contribution in [0.25, 0.3) is 0 Å². The molecular formula is C26H30N4O4S. The number of esters is 1. The van der Waals surface area contributed by atoms with Gasteiger partial charge in [-0.2, -0.15) is 0 Å². The molecule has 0 unspecified atom stereocenters. The Kier molecular flexibility index (Phi) is 8.70. The average molecular weight is 495 g/mol. The number of aromatic nitrogens is 2. The third-order valence-corrected chi connectivity index (χ3v) is 6.21. The highest BCUT2D eigenvalue weighted by molar-refractivity contribution is 7.99. The van der Waals surface area contributed by atoms with Crippen LogP contribution >= 0.6 is 11.8 Å². The van der Waals surface area contributed by atoms with Crippen molar-refractivity contribution in [3.05, 3.63) is 78.1 Å². The Labute approximate surface area is 209 Å². The van der Waals surface area contributed by atoms with E-state index >= 15 is 0 Å². The monoisotopic (exact) mass is 494 g/mol. The first kappa shape index (κ1) is 26.0. The number of ether oxygens (including phenoxy) is 1. The van der Waals surface area contributed by atoms with Crippen molar-refractivity contribution in [2.45, 2.75) is 38.0 Å². The third-order valence-electron chi connectivity index (χ3n) is 5.15. The number of thioether (sulfide) groups is 1. The number of hydrogen-bond donors (Lipinski definition) is 1. The molecule has 0 atom stereocenters. The minimum absolute atomic E-state index is 0.132. The molecule has 2 aromatic carbocycles. The molecule has 0 spiro atoms. The predicted molar refractivity (Wildman–Crippen MR) is 136 cm³/mol. The lowest BCUT2D eigenvalue weighted by Gasteiger charge is -2.35. The highest BCUT2D eigenvalue weighted by Crippen LogP contribution is 2.20. The van der Waals surface area contributed by atoms with Gasteiger partial charge >= 0.3 is 5.97 Å². The van der Waals surface area contributed by atoms with Gasteiger partial charge in [0.05, 0.1) is 17.0 Å². The quantitative estimate of drug-likeness (QED) is 0.355. The van der Waals surface area contributed by atoms with Gasteiger partial charge in [-0.25, -0.2) is 9.78 Å². The van der Waals surface area contributed by atoms with Crippen LogP contribution in [0.4, 0.5) is 5.69 Å². The zero-order chi connectivity index (χ0) is 25.4. The van der Waals surface area contributed by atoms with E-state index in [1.807, 2.05) is 62.7 Å². The van der Waals surface area contributed by atoms with E-state index in [1.165, 1.54) is 11.8 Å². The molecule has 8 nitrogen and oxygen atoms in total. The minimum atomic E-state index is -0.681. The number of nitrogens with zero attached hydrogens (tertiary/aromatic N) is 3. The van der Waals surface area contributed by atoms with Gasteiger partial charge in [-0.3, -0.25) is 9.59 Å². The summed E-state index contributed by atoms with van der Waals surface area (Å²) < 4.78 is 7.18. The van der Waals surface area contributed by atoms with Gasteiger partial charge in [0.2, 0.25) is 5.91 Å². The minimum Gasteiger partial charge on any atom is -0.452 e. The van der Waals surface area contributed by atoms with Gasteiger partial charge in [-0.05, 0) is 38.5 Å². The maximum absolute atomic E-state index is 13.0. The zero-order valence-corrected chi connectivity index (χ0v) is 21.2. The Hall–Kier alpha value is -3.59. The summed E-state index contributed by atoms with van der Waals surface area (Å²) in [7, 11) is 1.85. The van der Waals surface area contributed by atoms with Gasteiger partial charge in [0.25, 0.3) is 5.91 Å². The van der Waals surface area contributed by atoms with E-state index in [-0.39, 0.29) is 23.1 Å². The molecule has 0 radical (unpaired) electrons. The fourth-order valence-corrected chi connectivity index (χ4v) is 4.06. The Morgan fingerprint density at radius 3 is 2.40 bits per heavy atom. The number of carbonyl (C=O) groups excluding carboxylic acids is 3. The van der Waals surface area contributed by atoms with Crippen molar-refractivity contribution in [1.82, 2.24) is 14.5 Å². The Balaban J connectivity index is 1.61. The van der Waals surface area contributed by atoms with Crippen molar-refractivity contribution in [3.8, 4) is 0 Å². The van der Waals surface area contributed by atoms with Gasteiger partial charge in [-0.1, -0.05) is 54.2 Å². The molecule has 0 bridgehead atoms. The molecule has 1 N–H and O–H groups in total. The highest BCUT2D eigenvalue weighted by atomic mass is 32.2. The van der Waals surface area contributed by atoms with E-state index in [9.17, 15) is 14.4 Å². The number of aryl methyl sites for hydroxylation is 1. The van der Waals surface area contributed by atoms with Gasteiger partial charge in [-0.15, -0.1) is 0 Å². The molecule has 0 aliphatic carbocycles. The van der Waals surface area contributed by atoms with Crippen LogP contribution in [0.2, 0.25) is 0 Å². The molecule has 3 aromatic rings. The van der Waals surface area contributed by atoms with Crippen LogP contribution in [0.15, 0.2) is 72.1 Å². The molecule has 0 aliphatic heterocycles. The first-order chi connectivity index (χ1) is 16.6. The first-order valence-corrected chi connectivity index (χ1v) is 12.1. The van der Waals surface area contributed by atoms with E-state index in [0.29, 0.717) is 17.4 Å². The standard InChI is InChI=1S/C26H30N4O4S/c1-26(2,3)30(16-19-10-6-5-7-11-19)23(32)17-34-24(33)20-12-8-9-13-21(20)28-22(31)18-35-25-27-14-15-29(25)4/h5-15H,16-18H2,1-4H3,(H,28,31). The van der Waals surface area contributed by atoms with E-state index in [1.54, 1.807) is 41.6 Å². The summed E-state index contributed by atoms with van der Waals surface area (Å²) in [5, 5.41) is 3.46. The Morgan fingerprint density at radius 1 is 1.06 bits per heavy atom. The zero-order valence-electron chi connectivity index (χ0n) is 20.4. The van der Waals surface area contributed by atoms with E-state index in [4.69, 9.17) is 4.74 Å². The van der Waals surface area contributed by atoms with Crippen LogP contribution in [0.5, 0.6) is 0 Å². The summed E-state index contributed by atoms with van der Waals surface area (Å²) in [4.78, 5) is 44.1. The van der Waals surface area contributed by atoms with Crippen molar-refractivity contribution in [3.63, 3.8) is 0 Å². The van der Waals surface area contributed by atoms with Crippen LogP contribution in [-0.4, -0.2) is 50.1 Å². The fourth-order valence-electron chi connectivity index (χ4n) is 3.33. The Bertz CT molecular complexity index is 1170. The summed E-state index contributed by atoms with van der Waals surface area (Å²) in [6.07, 6.45) is 3.46. The number of carbonyl (C=O) groups is 3. The lowest BCUT2D eigenvalue weighted by atomic mass is 10.0. The SMILES string of the molecule is Cn1ccnc1SCC(=O)Nc1ccccc1C(=O)OCC(=O)N(Cc1ccccc1)C(C)(C)C. The lowest BCUT2D eigenvalue weighted by molar-refractivity contribution is -0.140. The second-order valence-corrected chi connectivity index (χ2v) is 9.86. The number of nitrogens with one attached hydrogen (secondary N) is 1. The number of amides is 2. The molecule has 1 aromatic heterocycles.